The Morgan fingerprint density at radius 2 is 2.00 bits per heavy atom. The minimum Gasteiger partial charge on any atom is -0.312 e. The minimum absolute atomic E-state index is 0.229. The number of hydrogen-bond acceptors (Lipinski definition) is 3. The smallest absolute Gasteiger partial charge is 0.0931 e. The fourth-order valence-electron chi connectivity index (χ4n) is 3.52. The van der Waals surface area contributed by atoms with Gasteiger partial charge in [0.1, 0.15) is 0 Å². The number of halogens is 1. The maximum absolute atomic E-state index is 6.11. The second-order valence-corrected chi connectivity index (χ2v) is 8.08. The first kappa shape index (κ1) is 17.3. The summed E-state index contributed by atoms with van der Waals surface area (Å²) >= 11 is 7.83. The monoisotopic (exact) mass is 328 g/mol. The van der Waals surface area contributed by atoms with Crippen molar-refractivity contribution < 1.29 is 0 Å². The zero-order chi connectivity index (χ0) is 15.3. The Morgan fingerprint density at radius 3 is 2.52 bits per heavy atom. The van der Waals surface area contributed by atoms with Gasteiger partial charge in [0.15, 0.2) is 0 Å². The highest BCUT2D eigenvalue weighted by molar-refractivity contribution is 7.16. The van der Waals surface area contributed by atoms with Gasteiger partial charge in [0.2, 0.25) is 0 Å². The van der Waals surface area contributed by atoms with Crippen LogP contribution in [0, 0.1) is 0 Å². The molecule has 1 aliphatic rings. The van der Waals surface area contributed by atoms with Crippen LogP contribution in [0.1, 0.15) is 51.3 Å². The molecule has 2 heterocycles. The zero-order valence-electron chi connectivity index (χ0n) is 13.6. The molecule has 0 aromatic carbocycles. The number of likely N-dealkylation sites (N-methyl/N-ethyl adjacent to an activating group) is 1. The van der Waals surface area contributed by atoms with E-state index in [1.54, 1.807) is 11.3 Å². The SMILES string of the molecule is CCNC(Cc1ccc(Cl)s1)C(C)(CC)N1CCCCC1. The highest BCUT2D eigenvalue weighted by atomic mass is 35.5. The van der Waals surface area contributed by atoms with Crippen molar-refractivity contribution in [2.24, 2.45) is 0 Å². The van der Waals surface area contributed by atoms with Gasteiger partial charge in [0.05, 0.1) is 4.34 Å². The molecule has 21 heavy (non-hydrogen) atoms. The summed E-state index contributed by atoms with van der Waals surface area (Å²) < 4.78 is 0.899. The fourth-order valence-corrected chi connectivity index (χ4v) is 4.65. The summed E-state index contributed by atoms with van der Waals surface area (Å²) in [6.07, 6.45) is 6.34. The zero-order valence-corrected chi connectivity index (χ0v) is 15.2. The highest BCUT2D eigenvalue weighted by Gasteiger charge is 2.38. The van der Waals surface area contributed by atoms with E-state index in [0.717, 1.165) is 17.3 Å². The summed E-state index contributed by atoms with van der Waals surface area (Å²) in [6, 6.07) is 4.69. The average molecular weight is 329 g/mol. The van der Waals surface area contributed by atoms with Gasteiger partial charge in [-0.25, -0.2) is 0 Å². The van der Waals surface area contributed by atoms with E-state index in [-0.39, 0.29) is 5.54 Å². The van der Waals surface area contributed by atoms with Crippen molar-refractivity contribution in [2.45, 2.75) is 64.5 Å². The molecule has 1 N–H and O–H groups in total. The van der Waals surface area contributed by atoms with Crippen LogP contribution in [0.25, 0.3) is 0 Å². The molecule has 2 atom stereocenters. The molecule has 1 saturated heterocycles. The van der Waals surface area contributed by atoms with Gasteiger partial charge in [-0.05, 0) is 64.4 Å². The summed E-state index contributed by atoms with van der Waals surface area (Å²) in [6.45, 7) is 10.5. The van der Waals surface area contributed by atoms with Crippen molar-refractivity contribution in [3.8, 4) is 0 Å². The van der Waals surface area contributed by atoms with Gasteiger partial charge in [-0.15, -0.1) is 11.3 Å². The molecule has 1 aromatic rings. The molecular formula is C17H29ClN2S. The molecule has 1 aromatic heterocycles. The van der Waals surface area contributed by atoms with Gasteiger partial charge in [-0.2, -0.15) is 0 Å². The van der Waals surface area contributed by atoms with Crippen molar-refractivity contribution >= 4 is 22.9 Å². The van der Waals surface area contributed by atoms with Crippen molar-refractivity contribution in [3.05, 3.63) is 21.3 Å². The lowest BCUT2D eigenvalue weighted by Crippen LogP contribution is -2.61. The lowest BCUT2D eigenvalue weighted by atomic mass is 9.83. The number of rotatable bonds is 7. The third-order valence-corrected chi connectivity index (χ3v) is 6.28. The van der Waals surface area contributed by atoms with Crippen LogP contribution in [0.3, 0.4) is 0 Å². The molecule has 0 saturated carbocycles. The van der Waals surface area contributed by atoms with E-state index in [4.69, 9.17) is 11.6 Å². The maximum atomic E-state index is 6.11. The van der Waals surface area contributed by atoms with Gasteiger partial charge < -0.3 is 5.32 Å². The molecule has 0 amide bonds. The van der Waals surface area contributed by atoms with Crippen LogP contribution >= 0.6 is 22.9 Å². The topological polar surface area (TPSA) is 15.3 Å². The first-order valence-corrected chi connectivity index (χ1v) is 9.52. The Labute approximate surface area is 138 Å². The lowest BCUT2D eigenvalue weighted by molar-refractivity contribution is 0.0436. The van der Waals surface area contributed by atoms with Crippen LogP contribution in [0.5, 0.6) is 0 Å². The first-order valence-electron chi connectivity index (χ1n) is 8.32. The maximum Gasteiger partial charge on any atom is 0.0931 e. The van der Waals surface area contributed by atoms with E-state index < -0.39 is 0 Å². The molecule has 2 nitrogen and oxygen atoms in total. The van der Waals surface area contributed by atoms with Gasteiger partial charge in [-0.1, -0.05) is 31.9 Å². The van der Waals surface area contributed by atoms with E-state index >= 15 is 0 Å². The predicted molar refractivity (Wildman–Crippen MR) is 94.6 cm³/mol. The number of piperidine rings is 1. The fraction of sp³-hybridized carbons (Fsp3) is 0.765. The van der Waals surface area contributed by atoms with Gasteiger partial charge in [0, 0.05) is 16.5 Å². The molecule has 0 radical (unpaired) electrons. The van der Waals surface area contributed by atoms with Crippen molar-refractivity contribution in [2.75, 3.05) is 19.6 Å². The number of hydrogen-bond donors (Lipinski definition) is 1. The second-order valence-electron chi connectivity index (χ2n) is 6.28. The van der Waals surface area contributed by atoms with Crippen LogP contribution in [-0.4, -0.2) is 36.1 Å². The highest BCUT2D eigenvalue weighted by Crippen LogP contribution is 2.31. The molecule has 2 rings (SSSR count). The Balaban J connectivity index is 2.15. The van der Waals surface area contributed by atoms with E-state index in [2.05, 4.69) is 37.1 Å². The summed E-state index contributed by atoms with van der Waals surface area (Å²) in [5.74, 6) is 0. The van der Waals surface area contributed by atoms with Crippen LogP contribution in [0.15, 0.2) is 12.1 Å². The number of nitrogens with zero attached hydrogens (tertiary/aromatic N) is 1. The standard InChI is InChI=1S/C17H29ClN2S/c1-4-17(3,20-11-7-6-8-12-20)15(19-5-2)13-14-9-10-16(18)21-14/h9-10,15,19H,4-8,11-13H2,1-3H3. The third-order valence-electron chi connectivity index (χ3n) is 5.03. The second kappa shape index (κ2) is 7.96. The van der Waals surface area contributed by atoms with Gasteiger partial charge in [-0.3, -0.25) is 4.90 Å². The summed E-state index contributed by atoms with van der Waals surface area (Å²) in [5.41, 5.74) is 0.229. The van der Waals surface area contributed by atoms with Crippen LogP contribution in [-0.2, 0) is 6.42 Å². The van der Waals surface area contributed by atoms with E-state index in [9.17, 15) is 0 Å². The molecule has 0 spiro atoms. The van der Waals surface area contributed by atoms with Crippen molar-refractivity contribution in [1.82, 2.24) is 10.2 Å². The van der Waals surface area contributed by atoms with E-state index in [1.165, 1.54) is 43.6 Å². The number of nitrogens with one attached hydrogen (secondary N) is 1. The summed E-state index contributed by atoms with van der Waals surface area (Å²) in [4.78, 5) is 4.11. The van der Waals surface area contributed by atoms with Crippen molar-refractivity contribution in [1.29, 1.82) is 0 Å². The molecule has 2 unspecified atom stereocenters. The molecule has 1 aliphatic heterocycles. The Hall–Kier alpha value is -0.0900. The molecule has 120 valence electrons. The largest absolute Gasteiger partial charge is 0.312 e. The average Bonchev–Trinajstić information content (AvgIpc) is 2.92. The normalized spacial score (nSPS) is 21.1. The molecule has 0 aliphatic carbocycles. The Morgan fingerprint density at radius 1 is 1.29 bits per heavy atom. The van der Waals surface area contributed by atoms with Gasteiger partial charge >= 0.3 is 0 Å². The quantitative estimate of drug-likeness (QED) is 0.788. The summed E-state index contributed by atoms with van der Waals surface area (Å²) in [7, 11) is 0. The Kier molecular flexibility index (Phi) is 6.54. The molecular weight excluding hydrogens is 300 g/mol. The minimum atomic E-state index is 0.229. The van der Waals surface area contributed by atoms with Crippen LogP contribution in [0.2, 0.25) is 4.34 Å². The van der Waals surface area contributed by atoms with Crippen LogP contribution < -0.4 is 5.32 Å². The van der Waals surface area contributed by atoms with E-state index in [1.807, 2.05) is 6.07 Å². The number of likely N-dealkylation sites (tertiary alicyclic amines) is 1. The molecule has 4 heteroatoms. The number of thiophene rings is 1. The Bertz CT molecular complexity index is 428. The molecule has 1 fully saturated rings. The van der Waals surface area contributed by atoms with Crippen molar-refractivity contribution in [3.63, 3.8) is 0 Å². The first-order chi connectivity index (χ1) is 10.1. The van der Waals surface area contributed by atoms with Gasteiger partial charge in [0.25, 0.3) is 0 Å². The lowest BCUT2D eigenvalue weighted by Gasteiger charge is -2.48. The molecule has 0 bridgehead atoms. The van der Waals surface area contributed by atoms with E-state index in [0.29, 0.717) is 6.04 Å². The third kappa shape index (κ3) is 4.22. The van der Waals surface area contributed by atoms with Crippen LogP contribution in [0.4, 0.5) is 0 Å². The predicted octanol–water partition coefficient (Wildman–Crippen LogP) is 4.58. The summed E-state index contributed by atoms with van der Waals surface area (Å²) in [5, 5.41) is 3.75.